The van der Waals surface area contributed by atoms with Gasteiger partial charge in [0.25, 0.3) is 0 Å². The molecular formula is C30H28N4O2. The third-order valence-corrected chi connectivity index (χ3v) is 5.57. The van der Waals surface area contributed by atoms with Gasteiger partial charge in [0.1, 0.15) is 6.04 Å². The molecule has 0 aromatic heterocycles. The Balaban J connectivity index is 1.45. The number of hydrogen-bond donors (Lipinski definition) is 4. The largest absolute Gasteiger partial charge is 0.397 e. The fourth-order valence-corrected chi connectivity index (χ4v) is 3.65. The molecule has 0 aliphatic heterocycles. The molecule has 0 heterocycles. The minimum absolute atomic E-state index is 0.133. The zero-order chi connectivity index (χ0) is 25.2. The predicted octanol–water partition coefficient (Wildman–Crippen LogP) is 5.39. The smallest absolute Gasteiger partial charge is 0.248 e. The van der Waals surface area contributed by atoms with Crippen molar-refractivity contribution >= 4 is 35.0 Å². The lowest BCUT2D eigenvalue weighted by atomic mass is 10.0. The van der Waals surface area contributed by atoms with Crippen molar-refractivity contribution in [3.05, 3.63) is 132 Å². The number of hydrogen-bond acceptors (Lipinski definition) is 4. The molecule has 4 rings (SSSR count). The molecule has 0 bridgehead atoms. The van der Waals surface area contributed by atoms with Crippen LogP contribution < -0.4 is 21.7 Å². The third-order valence-electron chi connectivity index (χ3n) is 5.57. The molecule has 0 spiro atoms. The van der Waals surface area contributed by atoms with Crippen molar-refractivity contribution in [2.24, 2.45) is 0 Å². The van der Waals surface area contributed by atoms with E-state index in [9.17, 15) is 9.59 Å². The second-order valence-electron chi connectivity index (χ2n) is 8.22. The van der Waals surface area contributed by atoms with Gasteiger partial charge in [-0.05, 0) is 47.0 Å². The second-order valence-corrected chi connectivity index (χ2v) is 8.22. The fraction of sp³-hybridized carbons (Fsp3) is 0.0667. The topological polar surface area (TPSA) is 96.2 Å². The molecular weight excluding hydrogens is 448 g/mol. The number of benzene rings is 4. The van der Waals surface area contributed by atoms with Gasteiger partial charge in [0.2, 0.25) is 11.8 Å². The van der Waals surface area contributed by atoms with Crippen LogP contribution in [0.25, 0.3) is 6.08 Å². The lowest BCUT2D eigenvalue weighted by Gasteiger charge is -2.20. The Morgan fingerprint density at radius 1 is 0.778 bits per heavy atom. The van der Waals surface area contributed by atoms with E-state index in [1.165, 1.54) is 6.08 Å². The first-order valence-electron chi connectivity index (χ1n) is 11.7. The van der Waals surface area contributed by atoms with Gasteiger partial charge in [0.15, 0.2) is 0 Å². The van der Waals surface area contributed by atoms with Crippen LogP contribution in [0.4, 0.5) is 17.1 Å². The van der Waals surface area contributed by atoms with Crippen molar-refractivity contribution in [1.82, 2.24) is 5.32 Å². The molecule has 4 aromatic carbocycles. The van der Waals surface area contributed by atoms with E-state index in [4.69, 9.17) is 5.73 Å². The molecule has 36 heavy (non-hydrogen) atoms. The number of para-hydroxylation sites is 3. The molecule has 0 saturated carbocycles. The van der Waals surface area contributed by atoms with Gasteiger partial charge in [-0.25, -0.2) is 0 Å². The first-order valence-corrected chi connectivity index (χ1v) is 11.7. The highest BCUT2D eigenvalue weighted by Crippen LogP contribution is 2.21. The highest BCUT2D eigenvalue weighted by Gasteiger charge is 2.20. The summed E-state index contributed by atoms with van der Waals surface area (Å²) in [5, 5.41) is 9.12. The lowest BCUT2D eigenvalue weighted by molar-refractivity contribution is -0.122. The van der Waals surface area contributed by atoms with E-state index in [2.05, 4.69) is 16.0 Å². The van der Waals surface area contributed by atoms with Crippen molar-refractivity contribution < 1.29 is 9.59 Å². The van der Waals surface area contributed by atoms with E-state index in [0.717, 1.165) is 22.4 Å². The first-order chi connectivity index (χ1) is 17.6. The first kappa shape index (κ1) is 24.3. The molecule has 1 atom stereocenters. The maximum absolute atomic E-state index is 13.2. The normalized spacial score (nSPS) is 11.6. The second kappa shape index (κ2) is 12.0. The van der Waals surface area contributed by atoms with E-state index in [-0.39, 0.29) is 11.8 Å². The van der Waals surface area contributed by atoms with Crippen LogP contribution in [0.15, 0.2) is 115 Å². The summed E-state index contributed by atoms with van der Waals surface area (Å²) in [5.41, 5.74) is 10.5. The van der Waals surface area contributed by atoms with Crippen LogP contribution in [0, 0.1) is 0 Å². The van der Waals surface area contributed by atoms with Crippen LogP contribution in [-0.2, 0) is 16.1 Å². The Labute approximate surface area is 210 Å². The van der Waals surface area contributed by atoms with Crippen molar-refractivity contribution in [3.63, 3.8) is 0 Å². The molecule has 180 valence electrons. The number of amides is 2. The van der Waals surface area contributed by atoms with Crippen molar-refractivity contribution in [1.29, 1.82) is 0 Å². The Bertz CT molecular complexity index is 1320. The van der Waals surface area contributed by atoms with E-state index in [1.807, 2.05) is 97.1 Å². The Morgan fingerprint density at radius 2 is 1.42 bits per heavy atom. The summed E-state index contributed by atoms with van der Waals surface area (Å²) in [6.45, 7) is 0.439. The Hall–Kier alpha value is -4.84. The number of rotatable bonds is 9. The van der Waals surface area contributed by atoms with Crippen molar-refractivity contribution in [3.8, 4) is 0 Å². The summed E-state index contributed by atoms with van der Waals surface area (Å²) in [5.74, 6) is -0.410. The summed E-state index contributed by atoms with van der Waals surface area (Å²) < 4.78 is 0. The summed E-state index contributed by atoms with van der Waals surface area (Å²) in [7, 11) is 0. The number of nitrogen functional groups attached to an aromatic ring is 1. The van der Waals surface area contributed by atoms with E-state index >= 15 is 0 Å². The molecule has 0 fully saturated rings. The molecule has 0 saturated heterocycles. The molecule has 0 aliphatic carbocycles. The van der Waals surface area contributed by atoms with Crippen LogP contribution in [0.1, 0.15) is 22.7 Å². The summed E-state index contributed by atoms with van der Waals surface area (Å²) in [6, 6.07) is 33.4. The molecule has 0 radical (unpaired) electrons. The predicted molar refractivity (Wildman–Crippen MR) is 146 cm³/mol. The van der Waals surface area contributed by atoms with Crippen LogP contribution >= 0.6 is 0 Å². The van der Waals surface area contributed by atoms with Gasteiger partial charge in [-0.15, -0.1) is 0 Å². The van der Waals surface area contributed by atoms with E-state index < -0.39 is 6.04 Å². The van der Waals surface area contributed by atoms with E-state index in [0.29, 0.717) is 17.9 Å². The molecule has 5 N–H and O–H groups in total. The van der Waals surface area contributed by atoms with Gasteiger partial charge in [-0.3, -0.25) is 9.59 Å². The zero-order valence-corrected chi connectivity index (χ0v) is 19.7. The highest BCUT2D eigenvalue weighted by atomic mass is 16.2. The van der Waals surface area contributed by atoms with Gasteiger partial charge in [0, 0.05) is 18.3 Å². The molecule has 6 nitrogen and oxygen atoms in total. The average Bonchev–Trinajstić information content (AvgIpc) is 2.92. The van der Waals surface area contributed by atoms with Gasteiger partial charge in [-0.2, -0.15) is 0 Å². The fourth-order valence-electron chi connectivity index (χ4n) is 3.65. The monoisotopic (exact) mass is 476 g/mol. The van der Waals surface area contributed by atoms with Gasteiger partial charge >= 0.3 is 0 Å². The number of nitrogens with two attached hydrogens (primary N) is 1. The third kappa shape index (κ3) is 6.84. The molecule has 1 unspecified atom stereocenters. The highest BCUT2D eigenvalue weighted by molar-refractivity contribution is 6.03. The number of anilines is 3. The SMILES string of the molecule is Nc1ccccc1NC(=O)C=Cc1ccc(C(Nc2ccccc2)C(=O)NCc2ccccc2)cc1. The summed E-state index contributed by atoms with van der Waals surface area (Å²) >= 11 is 0. The maximum Gasteiger partial charge on any atom is 0.248 e. The number of carbonyl (C=O) groups is 2. The molecule has 4 aromatic rings. The minimum atomic E-state index is -0.585. The summed E-state index contributed by atoms with van der Waals surface area (Å²) in [4.78, 5) is 25.4. The van der Waals surface area contributed by atoms with Crippen LogP contribution in [-0.4, -0.2) is 11.8 Å². The Morgan fingerprint density at radius 3 is 2.11 bits per heavy atom. The van der Waals surface area contributed by atoms with Crippen molar-refractivity contribution in [2.45, 2.75) is 12.6 Å². The molecule has 6 heteroatoms. The zero-order valence-electron chi connectivity index (χ0n) is 19.7. The minimum Gasteiger partial charge on any atom is -0.397 e. The van der Waals surface area contributed by atoms with Gasteiger partial charge < -0.3 is 21.7 Å². The maximum atomic E-state index is 13.2. The summed E-state index contributed by atoms with van der Waals surface area (Å²) in [6.07, 6.45) is 3.17. The standard InChI is InChI=1S/C30H28N4O2/c31-26-13-7-8-14-27(26)34-28(35)20-17-22-15-18-24(19-16-22)29(33-25-11-5-2-6-12-25)30(36)32-21-23-9-3-1-4-10-23/h1-20,29,33H,21,31H2,(H,32,36)(H,34,35). The van der Waals surface area contributed by atoms with Crippen LogP contribution in [0.5, 0.6) is 0 Å². The molecule has 0 aliphatic rings. The van der Waals surface area contributed by atoms with Gasteiger partial charge in [-0.1, -0.05) is 84.9 Å². The number of carbonyl (C=O) groups excluding carboxylic acids is 2. The van der Waals surface area contributed by atoms with Crippen LogP contribution in [0.3, 0.4) is 0 Å². The quantitative estimate of drug-likeness (QED) is 0.192. The van der Waals surface area contributed by atoms with E-state index in [1.54, 1.807) is 18.2 Å². The van der Waals surface area contributed by atoms with Crippen LogP contribution in [0.2, 0.25) is 0 Å². The van der Waals surface area contributed by atoms with Gasteiger partial charge in [0.05, 0.1) is 11.4 Å². The number of nitrogens with one attached hydrogen (secondary N) is 3. The average molecular weight is 477 g/mol. The molecule has 2 amide bonds. The Kier molecular flexibility index (Phi) is 8.12. The van der Waals surface area contributed by atoms with Crippen molar-refractivity contribution in [2.75, 3.05) is 16.4 Å². The lowest BCUT2D eigenvalue weighted by Crippen LogP contribution is -2.33.